The molecule has 2 aromatic rings. The van der Waals surface area contributed by atoms with E-state index in [9.17, 15) is 8.42 Å². The monoisotopic (exact) mass is 282 g/mol. The summed E-state index contributed by atoms with van der Waals surface area (Å²) < 4.78 is 26.2. The Bertz CT molecular complexity index is 795. The van der Waals surface area contributed by atoms with E-state index in [0.717, 1.165) is 18.4 Å². The second-order valence-corrected chi connectivity index (χ2v) is 7.56. The Morgan fingerprint density at radius 2 is 2.06 bits per heavy atom. The van der Waals surface area contributed by atoms with Crippen molar-refractivity contribution in [3.8, 4) is 0 Å². The summed E-state index contributed by atoms with van der Waals surface area (Å²) in [4.78, 5) is 3.36. The summed E-state index contributed by atoms with van der Waals surface area (Å²) >= 11 is 5.34. The van der Waals surface area contributed by atoms with E-state index < -0.39 is 9.84 Å². The van der Waals surface area contributed by atoms with Gasteiger partial charge < -0.3 is 9.55 Å². The zero-order valence-corrected chi connectivity index (χ0v) is 11.9. The number of hydrogen-bond acceptors (Lipinski definition) is 3. The third kappa shape index (κ3) is 1.63. The third-order valence-corrected chi connectivity index (χ3v) is 5.02. The lowest BCUT2D eigenvalue weighted by Crippen LogP contribution is -2.11. The minimum atomic E-state index is -3.25. The molecular weight excluding hydrogens is 268 g/mol. The van der Waals surface area contributed by atoms with E-state index >= 15 is 0 Å². The molecule has 96 valence electrons. The average Bonchev–Trinajstić information content (AvgIpc) is 2.89. The number of aromatic amines is 1. The molecule has 1 N–H and O–H groups in total. The van der Waals surface area contributed by atoms with Crippen LogP contribution in [0.5, 0.6) is 0 Å². The SMILES string of the molecule is CC1(n2c(=S)[nH]c3c(S(C)(=O)=O)cccc32)CC1. The van der Waals surface area contributed by atoms with E-state index in [4.69, 9.17) is 12.2 Å². The molecule has 6 heteroatoms. The van der Waals surface area contributed by atoms with Gasteiger partial charge in [-0.1, -0.05) is 6.07 Å². The predicted molar refractivity (Wildman–Crippen MR) is 73.1 cm³/mol. The van der Waals surface area contributed by atoms with Crippen LogP contribution >= 0.6 is 12.2 Å². The van der Waals surface area contributed by atoms with Crippen molar-refractivity contribution in [2.45, 2.75) is 30.2 Å². The molecule has 0 bridgehead atoms. The maximum Gasteiger partial charge on any atom is 0.178 e. The highest BCUT2D eigenvalue weighted by atomic mass is 32.2. The highest BCUT2D eigenvalue weighted by molar-refractivity contribution is 7.91. The van der Waals surface area contributed by atoms with E-state index in [1.807, 2.05) is 10.6 Å². The lowest BCUT2D eigenvalue weighted by atomic mass is 10.2. The number of benzene rings is 1. The van der Waals surface area contributed by atoms with Crippen molar-refractivity contribution in [2.75, 3.05) is 6.26 Å². The number of H-pyrrole nitrogens is 1. The van der Waals surface area contributed by atoms with Crippen molar-refractivity contribution >= 4 is 33.1 Å². The zero-order valence-electron chi connectivity index (χ0n) is 10.2. The van der Waals surface area contributed by atoms with E-state index in [-0.39, 0.29) is 5.54 Å². The van der Waals surface area contributed by atoms with Crippen LogP contribution in [0.4, 0.5) is 0 Å². The second kappa shape index (κ2) is 3.45. The number of nitrogens with zero attached hydrogens (tertiary/aromatic N) is 1. The van der Waals surface area contributed by atoms with Gasteiger partial charge in [-0.15, -0.1) is 0 Å². The molecule has 1 aliphatic carbocycles. The van der Waals surface area contributed by atoms with Gasteiger partial charge in [-0.05, 0) is 44.1 Å². The molecule has 0 spiro atoms. The second-order valence-electron chi connectivity index (χ2n) is 5.18. The topological polar surface area (TPSA) is 54.9 Å². The molecule has 0 amide bonds. The van der Waals surface area contributed by atoms with Gasteiger partial charge in [0.2, 0.25) is 0 Å². The van der Waals surface area contributed by atoms with Crippen LogP contribution in [-0.4, -0.2) is 24.2 Å². The Labute approximate surface area is 111 Å². The smallest absolute Gasteiger partial charge is 0.178 e. The Balaban J connectivity index is 2.44. The quantitative estimate of drug-likeness (QED) is 0.861. The van der Waals surface area contributed by atoms with Crippen molar-refractivity contribution in [2.24, 2.45) is 0 Å². The summed E-state index contributed by atoms with van der Waals surface area (Å²) in [7, 11) is -3.25. The Morgan fingerprint density at radius 3 is 2.61 bits per heavy atom. The summed E-state index contributed by atoms with van der Waals surface area (Å²) in [6.45, 7) is 2.14. The fraction of sp³-hybridized carbons (Fsp3) is 0.417. The van der Waals surface area contributed by atoms with Crippen LogP contribution in [0.1, 0.15) is 19.8 Å². The highest BCUT2D eigenvalue weighted by Gasteiger charge is 2.41. The number of fused-ring (bicyclic) bond motifs is 1. The number of para-hydroxylation sites is 1. The van der Waals surface area contributed by atoms with Gasteiger partial charge in [0.25, 0.3) is 0 Å². The van der Waals surface area contributed by atoms with Crippen molar-refractivity contribution in [3.63, 3.8) is 0 Å². The summed E-state index contributed by atoms with van der Waals surface area (Å²) in [6, 6.07) is 5.30. The van der Waals surface area contributed by atoms with E-state index in [0.29, 0.717) is 15.2 Å². The molecule has 0 aliphatic heterocycles. The molecule has 1 fully saturated rings. The number of imidazole rings is 1. The molecule has 1 saturated carbocycles. The minimum absolute atomic E-state index is 0.0471. The van der Waals surface area contributed by atoms with Gasteiger partial charge in [0.15, 0.2) is 14.6 Å². The Hall–Kier alpha value is -1.14. The predicted octanol–water partition coefficient (Wildman–Crippen LogP) is 2.61. The number of aromatic nitrogens is 2. The first kappa shape index (κ1) is 11.9. The van der Waals surface area contributed by atoms with Gasteiger partial charge in [-0.25, -0.2) is 8.42 Å². The molecule has 1 aromatic heterocycles. The molecular formula is C12H14N2O2S2. The summed E-state index contributed by atoms with van der Waals surface area (Å²) in [5.74, 6) is 0. The molecule has 0 atom stereocenters. The number of nitrogens with one attached hydrogen (secondary N) is 1. The van der Waals surface area contributed by atoms with E-state index in [2.05, 4.69) is 11.9 Å². The van der Waals surface area contributed by atoms with E-state index in [1.54, 1.807) is 12.1 Å². The largest absolute Gasteiger partial charge is 0.329 e. The maximum atomic E-state index is 11.8. The fourth-order valence-electron chi connectivity index (χ4n) is 2.35. The standard InChI is InChI=1S/C12H14N2O2S2/c1-12(6-7-12)14-8-4-3-5-9(18(2,15)16)10(8)13-11(14)17/h3-5H,6-7H2,1-2H3,(H,13,17). The number of rotatable bonds is 2. The zero-order chi connectivity index (χ0) is 13.1. The number of hydrogen-bond donors (Lipinski definition) is 1. The van der Waals surface area contributed by atoms with Crippen LogP contribution in [0.2, 0.25) is 0 Å². The third-order valence-electron chi connectivity index (χ3n) is 3.59. The molecule has 1 aromatic carbocycles. The molecule has 1 heterocycles. The fourth-order valence-corrected chi connectivity index (χ4v) is 3.63. The minimum Gasteiger partial charge on any atom is -0.329 e. The van der Waals surface area contributed by atoms with Crippen molar-refractivity contribution in [3.05, 3.63) is 23.0 Å². The van der Waals surface area contributed by atoms with Crippen molar-refractivity contribution in [1.82, 2.24) is 9.55 Å². The molecule has 0 radical (unpaired) electrons. The lowest BCUT2D eigenvalue weighted by molar-refractivity contribution is 0.541. The number of sulfone groups is 1. The van der Waals surface area contributed by atoms with Crippen LogP contribution in [0.3, 0.4) is 0 Å². The molecule has 4 nitrogen and oxygen atoms in total. The van der Waals surface area contributed by atoms with Gasteiger partial charge in [-0.3, -0.25) is 0 Å². The summed E-state index contributed by atoms with van der Waals surface area (Å²) in [5, 5.41) is 0. The van der Waals surface area contributed by atoms with Crippen molar-refractivity contribution in [1.29, 1.82) is 0 Å². The molecule has 0 unspecified atom stereocenters. The molecule has 18 heavy (non-hydrogen) atoms. The van der Waals surface area contributed by atoms with Gasteiger partial charge in [0, 0.05) is 11.8 Å². The lowest BCUT2D eigenvalue weighted by Gasteiger charge is -2.12. The normalized spacial score (nSPS) is 18.1. The van der Waals surface area contributed by atoms with Crippen molar-refractivity contribution < 1.29 is 8.42 Å². The van der Waals surface area contributed by atoms with Crippen LogP contribution in [0.25, 0.3) is 11.0 Å². The first-order chi connectivity index (χ1) is 8.33. The average molecular weight is 282 g/mol. The summed E-state index contributed by atoms with van der Waals surface area (Å²) in [5.41, 5.74) is 1.55. The Morgan fingerprint density at radius 1 is 1.39 bits per heavy atom. The van der Waals surface area contributed by atoms with Crippen LogP contribution in [0.15, 0.2) is 23.1 Å². The first-order valence-electron chi connectivity index (χ1n) is 5.77. The van der Waals surface area contributed by atoms with Gasteiger partial charge in [-0.2, -0.15) is 0 Å². The van der Waals surface area contributed by atoms with Gasteiger partial charge in [0.05, 0.1) is 15.9 Å². The first-order valence-corrected chi connectivity index (χ1v) is 8.07. The van der Waals surface area contributed by atoms with Crippen LogP contribution in [0, 0.1) is 4.77 Å². The summed E-state index contributed by atoms with van der Waals surface area (Å²) in [6.07, 6.45) is 3.38. The maximum absolute atomic E-state index is 11.8. The van der Waals surface area contributed by atoms with Crippen LogP contribution < -0.4 is 0 Å². The van der Waals surface area contributed by atoms with Gasteiger partial charge >= 0.3 is 0 Å². The molecule has 0 saturated heterocycles. The highest BCUT2D eigenvalue weighted by Crippen LogP contribution is 2.45. The Kier molecular flexibility index (Phi) is 2.29. The van der Waals surface area contributed by atoms with Crippen LogP contribution in [-0.2, 0) is 15.4 Å². The van der Waals surface area contributed by atoms with E-state index in [1.165, 1.54) is 6.26 Å². The molecule has 3 rings (SSSR count). The molecule has 1 aliphatic rings. The van der Waals surface area contributed by atoms with Gasteiger partial charge in [0.1, 0.15) is 0 Å².